The SMILES string of the molecule is Cc1ccc(C)c(-n2c(CNC(=O)c3ccccc3)nnc2SCC(=O)Nc2nnc(C)s2)c1. The Morgan fingerprint density at radius 3 is 2.53 bits per heavy atom. The Labute approximate surface area is 205 Å². The Bertz CT molecular complexity index is 1320. The Kier molecular flexibility index (Phi) is 7.33. The number of nitrogens with one attached hydrogen (secondary N) is 2. The zero-order chi connectivity index (χ0) is 24.1. The van der Waals surface area contributed by atoms with Gasteiger partial charge in [0, 0.05) is 5.56 Å². The van der Waals surface area contributed by atoms with Crippen LogP contribution in [-0.2, 0) is 11.3 Å². The van der Waals surface area contributed by atoms with Crippen LogP contribution in [0.25, 0.3) is 5.69 Å². The summed E-state index contributed by atoms with van der Waals surface area (Å²) in [5.41, 5.74) is 3.57. The lowest BCUT2D eigenvalue weighted by molar-refractivity contribution is -0.113. The normalized spacial score (nSPS) is 10.8. The van der Waals surface area contributed by atoms with Crippen LogP contribution in [0, 0.1) is 20.8 Å². The van der Waals surface area contributed by atoms with Gasteiger partial charge in [-0.05, 0) is 50.1 Å². The highest BCUT2D eigenvalue weighted by Crippen LogP contribution is 2.25. The molecule has 34 heavy (non-hydrogen) atoms. The molecule has 2 N–H and O–H groups in total. The number of hydrogen-bond acceptors (Lipinski definition) is 8. The highest BCUT2D eigenvalue weighted by Gasteiger charge is 2.19. The summed E-state index contributed by atoms with van der Waals surface area (Å²) in [6, 6.07) is 15.1. The molecule has 11 heteroatoms. The van der Waals surface area contributed by atoms with E-state index in [1.807, 2.05) is 61.7 Å². The zero-order valence-corrected chi connectivity index (χ0v) is 20.5. The number of benzene rings is 2. The van der Waals surface area contributed by atoms with Crippen molar-refractivity contribution >= 4 is 40.0 Å². The van der Waals surface area contributed by atoms with Crippen LogP contribution in [0.4, 0.5) is 5.13 Å². The predicted molar refractivity (Wildman–Crippen MR) is 132 cm³/mol. The third kappa shape index (κ3) is 5.67. The maximum atomic E-state index is 12.5. The summed E-state index contributed by atoms with van der Waals surface area (Å²) in [5.74, 6) is 0.283. The number of aryl methyl sites for hydroxylation is 3. The first-order valence-electron chi connectivity index (χ1n) is 10.5. The Hall–Kier alpha value is -3.57. The maximum absolute atomic E-state index is 12.5. The van der Waals surface area contributed by atoms with Gasteiger partial charge in [-0.2, -0.15) is 0 Å². The van der Waals surface area contributed by atoms with Crippen LogP contribution in [0.3, 0.4) is 0 Å². The molecule has 0 bridgehead atoms. The first-order chi connectivity index (χ1) is 16.4. The van der Waals surface area contributed by atoms with Crippen molar-refractivity contribution in [2.75, 3.05) is 11.1 Å². The number of amides is 2. The summed E-state index contributed by atoms with van der Waals surface area (Å²) in [4.78, 5) is 25.0. The number of carbonyl (C=O) groups excluding carboxylic acids is 2. The van der Waals surface area contributed by atoms with E-state index in [0.29, 0.717) is 21.7 Å². The van der Waals surface area contributed by atoms with Crippen molar-refractivity contribution in [2.45, 2.75) is 32.5 Å². The minimum absolute atomic E-state index is 0.123. The van der Waals surface area contributed by atoms with Crippen LogP contribution < -0.4 is 10.6 Å². The van der Waals surface area contributed by atoms with E-state index in [-0.39, 0.29) is 24.1 Å². The number of anilines is 1. The Morgan fingerprint density at radius 1 is 1.00 bits per heavy atom. The standard InChI is InChI=1S/C23H23N7O2S2/c1-14-9-10-15(2)18(11-14)30-19(12-24-21(32)17-7-5-4-6-8-17)27-29-23(30)33-13-20(31)25-22-28-26-16(3)34-22/h4-11H,12-13H2,1-3H3,(H,24,32)(H,25,28,31). The Balaban J connectivity index is 1.55. The maximum Gasteiger partial charge on any atom is 0.251 e. The number of rotatable bonds is 8. The van der Waals surface area contributed by atoms with Crippen LogP contribution >= 0.6 is 23.1 Å². The van der Waals surface area contributed by atoms with Gasteiger partial charge in [0.25, 0.3) is 5.91 Å². The molecule has 0 unspecified atom stereocenters. The van der Waals surface area contributed by atoms with Crippen molar-refractivity contribution < 1.29 is 9.59 Å². The molecule has 0 spiro atoms. The molecule has 0 saturated heterocycles. The van der Waals surface area contributed by atoms with Gasteiger partial charge in [0.2, 0.25) is 11.0 Å². The van der Waals surface area contributed by atoms with Crippen LogP contribution in [0.2, 0.25) is 0 Å². The van der Waals surface area contributed by atoms with Gasteiger partial charge in [-0.25, -0.2) is 0 Å². The van der Waals surface area contributed by atoms with Crippen LogP contribution in [-0.4, -0.2) is 42.5 Å². The van der Waals surface area contributed by atoms with E-state index in [2.05, 4.69) is 31.0 Å². The average molecular weight is 494 g/mol. The molecule has 0 saturated carbocycles. The van der Waals surface area contributed by atoms with E-state index in [1.165, 1.54) is 23.1 Å². The number of aromatic nitrogens is 5. The summed E-state index contributed by atoms with van der Waals surface area (Å²) < 4.78 is 1.89. The van der Waals surface area contributed by atoms with Gasteiger partial charge in [0.05, 0.1) is 18.0 Å². The van der Waals surface area contributed by atoms with Gasteiger partial charge in [0.1, 0.15) is 5.01 Å². The minimum Gasteiger partial charge on any atom is -0.345 e. The molecule has 2 amide bonds. The van der Waals surface area contributed by atoms with E-state index in [4.69, 9.17) is 0 Å². The molecule has 2 aromatic carbocycles. The third-order valence-electron chi connectivity index (χ3n) is 4.85. The molecule has 0 aliphatic rings. The molecule has 0 aliphatic carbocycles. The lowest BCUT2D eigenvalue weighted by Crippen LogP contribution is -2.24. The summed E-state index contributed by atoms with van der Waals surface area (Å²) in [6.07, 6.45) is 0. The number of carbonyl (C=O) groups is 2. The molecule has 4 rings (SSSR count). The molecule has 174 valence electrons. The fourth-order valence-corrected chi connectivity index (χ4v) is 4.57. The van der Waals surface area contributed by atoms with Crippen LogP contribution in [0.1, 0.15) is 32.3 Å². The molecule has 2 aromatic heterocycles. The fourth-order valence-electron chi connectivity index (χ4n) is 3.19. The lowest BCUT2D eigenvalue weighted by Gasteiger charge is -2.14. The first-order valence-corrected chi connectivity index (χ1v) is 12.3. The minimum atomic E-state index is -0.212. The third-order valence-corrected chi connectivity index (χ3v) is 6.54. The van der Waals surface area contributed by atoms with Gasteiger partial charge in [-0.1, -0.05) is 53.4 Å². The lowest BCUT2D eigenvalue weighted by atomic mass is 10.1. The number of nitrogens with zero attached hydrogens (tertiary/aromatic N) is 5. The number of thioether (sulfide) groups is 1. The van der Waals surface area contributed by atoms with Crippen molar-refractivity contribution in [3.05, 3.63) is 76.1 Å². The van der Waals surface area contributed by atoms with Crippen molar-refractivity contribution in [1.82, 2.24) is 30.3 Å². The van der Waals surface area contributed by atoms with E-state index in [1.54, 1.807) is 12.1 Å². The molecule has 0 atom stereocenters. The molecule has 0 fully saturated rings. The highest BCUT2D eigenvalue weighted by molar-refractivity contribution is 7.99. The molecular weight excluding hydrogens is 470 g/mol. The predicted octanol–water partition coefficient (Wildman–Crippen LogP) is 3.70. The van der Waals surface area contributed by atoms with E-state index < -0.39 is 0 Å². The van der Waals surface area contributed by atoms with Crippen molar-refractivity contribution in [3.63, 3.8) is 0 Å². The second kappa shape index (κ2) is 10.6. The monoisotopic (exact) mass is 493 g/mol. The topological polar surface area (TPSA) is 115 Å². The van der Waals surface area contributed by atoms with E-state index in [0.717, 1.165) is 21.8 Å². The second-order valence-corrected chi connectivity index (χ2v) is 9.66. The Morgan fingerprint density at radius 2 is 1.79 bits per heavy atom. The summed E-state index contributed by atoms with van der Waals surface area (Å²) >= 11 is 2.58. The molecule has 2 heterocycles. The molecule has 4 aromatic rings. The van der Waals surface area contributed by atoms with Gasteiger partial charge >= 0.3 is 0 Å². The largest absolute Gasteiger partial charge is 0.345 e. The highest BCUT2D eigenvalue weighted by atomic mass is 32.2. The van der Waals surface area contributed by atoms with Gasteiger partial charge < -0.3 is 5.32 Å². The molecule has 0 radical (unpaired) electrons. The van der Waals surface area contributed by atoms with E-state index >= 15 is 0 Å². The van der Waals surface area contributed by atoms with E-state index in [9.17, 15) is 9.59 Å². The summed E-state index contributed by atoms with van der Waals surface area (Å²) in [6.45, 7) is 6.02. The number of hydrogen-bond donors (Lipinski definition) is 2. The second-order valence-electron chi connectivity index (χ2n) is 7.54. The zero-order valence-electron chi connectivity index (χ0n) is 18.9. The molecule has 0 aliphatic heterocycles. The van der Waals surface area contributed by atoms with Crippen molar-refractivity contribution in [1.29, 1.82) is 0 Å². The average Bonchev–Trinajstić information content (AvgIpc) is 3.43. The van der Waals surface area contributed by atoms with Gasteiger partial charge in [0.15, 0.2) is 11.0 Å². The summed E-state index contributed by atoms with van der Waals surface area (Å²) in [7, 11) is 0. The van der Waals surface area contributed by atoms with Crippen molar-refractivity contribution in [3.8, 4) is 5.69 Å². The van der Waals surface area contributed by atoms with Gasteiger partial charge in [-0.3, -0.25) is 19.5 Å². The smallest absolute Gasteiger partial charge is 0.251 e. The summed E-state index contributed by atoms with van der Waals surface area (Å²) in [5, 5.41) is 23.9. The molecular formula is C23H23N7O2S2. The first kappa shape index (κ1) is 23.6. The van der Waals surface area contributed by atoms with Crippen molar-refractivity contribution in [2.24, 2.45) is 0 Å². The van der Waals surface area contributed by atoms with Crippen LogP contribution in [0.5, 0.6) is 0 Å². The quantitative estimate of drug-likeness (QED) is 0.360. The van der Waals surface area contributed by atoms with Crippen LogP contribution in [0.15, 0.2) is 53.7 Å². The fraction of sp³-hybridized carbons (Fsp3) is 0.217. The van der Waals surface area contributed by atoms with Gasteiger partial charge in [-0.15, -0.1) is 20.4 Å². The molecule has 9 nitrogen and oxygen atoms in total.